The number of benzene rings is 3. The van der Waals surface area contributed by atoms with Gasteiger partial charge >= 0.3 is 0 Å². The Hall–Kier alpha value is -3.80. The van der Waals surface area contributed by atoms with Crippen LogP contribution >= 0.6 is 0 Å². The van der Waals surface area contributed by atoms with Crippen molar-refractivity contribution in [1.29, 1.82) is 0 Å². The topological polar surface area (TPSA) is 92.5 Å². The highest BCUT2D eigenvalue weighted by atomic mass is 16.4. The van der Waals surface area contributed by atoms with Crippen LogP contribution in [0.2, 0.25) is 0 Å². The number of hydrogen-bond acceptors (Lipinski definition) is 6. The van der Waals surface area contributed by atoms with Crippen molar-refractivity contribution >= 4 is 22.2 Å². The molecule has 0 aliphatic heterocycles. The van der Waals surface area contributed by atoms with Crippen molar-refractivity contribution in [2.24, 2.45) is 0 Å². The highest BCUT2D eigenvalue weighted by molar-refractivity contribution is 5.83. The van der Waals surface area contributed by atoms with Crippen LogP contribution < -0.4 is 0 Å². The van der Waals surface area contributed by atoms with Crippen LogP contribution in [0.25, 0.3) is 45.1 Å². The largest absolute Gasteiger partial charge is 0.507 e. The van der Waals surface area contributed by atoms with Gasteiger partial charge in [-0.2, -0.15) is 0 Å². The van der Waals surface area contributed by atoms with E-state index in [9.17, 15) is 10.2 Å². The molecule has 0 unspecified atom stereocenters. The van der Waals surface area contributed by atoms with E-state index in [0.717, 1.165) is 11.1 Å². The molecule has 34 heavy (non-hydrogen) atoms. The summed E-state index contributed by atoms with van der Waals surface area (Å²) in [4.78, 5) is 9.21. The molecule has 0 aliphatic rings. The second kappa shape index (κ2) is 7.35. The number of aromatic hydroxyl groups is 2. The summed E-state index contributed by atoms with van der Waals surface area (Å²) in [5.41, 5.74) is 5.55. The Bertz CT molecular complexity index is 1430. The molecular weight excluding hydrogens is 428 g/mol. The lowest BCUT2D eigenvalue weighted by Gasteiger charge is -2.18. The summed E-state index contributed by atoms with van der Waals surface area (Å²) in [5, 5.41) is 21.2. The summed E-state index contributed by atoms with van der Waals surface area (Å²) in [5.74, 6) is 0.224. The summed E-state index contributed by atoms with van der Waals surface area (Å²) in [7, 11) is 0. The van der Waals surface area contributed by atoms with Crippen molar-refractivity contribution in [3.05, 3.63) is 59.7 Å². The molecule has 2 N–H and O–H groups in total. The van der Waals surface area contributed by atoms with Crippen LogP contribution in [0.1, 0.15) is 52.7 Å². The molecule has 0 spiro atoms. The predicted octanol–water partition coefficient (Wildman–Crippen LogP) is 7.31. The monoisotopic (exact) mass is 456 g/mol. The molecule has 2 heterocycles. The number of hydrogen-bond donors (Lipinski definition) is 2. The van der Waals surface area contributed by atoms with Crippen LogP contribution in [0.3, 0.4) is 0 Å². The third kappa shape index (κ3) is 3.79. The summed E-state index contributed by atoms with van der Waals surface area (Å²) in [6.07, 6.45) is 0. The van der Waals surface area contributed by atoms with Crippen LogP contribution in [0.5, 0.6) is 11.5 Å². The van der Waals surface area contributed by atoms with Gasteiger partial charge in [0.25, 0.3) is 0 Å². The zero-order chi connectivity index (χ0) is 24.4. The summed E-state index contributed by atoms with van der Waals surface area (Å²) in [6.45, 7) is 12.8. The van der Waals surface area contributed by atoms with Crippen molar-refractivity contribution in [3.8, 4) is 34.4 Å². The molecule has 0 saturated carbocycles. The summed E-state index contributed by atoms with van der Waals surface area (Å²) >= 11 is 0. The van der Waals surface area contributed by atoms with Gasteiger partial charge in [0.1, 0.15) is 22.5 Å². The maximum Gasteiger partial charge on any atom is 0.231 e. The van der Waals surface area contributed by atoms with Gasteiger partial charge in [0.15, 0.2) is 11.2 Å². The first-order valence-corrected chi connectivity index (χ1v) is 11.3. The molecule has 2 aromatic heterocycles. The molecule has 0 atom stereocenters. The molecule has 6 nitrogen and oxygen atoms in total. The average Bonchev–Trinajstić information content (AvgIpc) is 3.35. The Balaban J connectivity index is 1.61. The van der Waals surface area contributed by atoms with Gasteiger partial charge in [0, 0.05) is 6.07 Å². The van der Waals surface area contributed by atoms with Gasteiger partial charge in [-0.15, -0.1) is 0 Å². The van der Waals surface area contributed by atoms with Gasteiger partial charge in [-0.05, 0) is 52.3 Å². The van der Waals surface area contributed by atoms with Gasteiger partial charge < -0.3 is 19.0 Å². The van der Waals surface area contributed by atoms with Crippen LogP contribution in [-0.2, 0) is 10.8 Å². The van der Waals surface area contributed by atoms with Gasteiger partial charge in [-0.3, -0.25) is 0 Å². The maximum atomic E-state index is 10.6. The van der Waals surface area contributed by atoms with Crippen LogP contribution in [0.4, 0.5) is 0 Å². The molecule has 3 aromatic carbocycles. The minimum atomic E-state index is -0.144. The van der Waals surface area contributed by atoms with E-state index in [1.807, 2.05) is 36.4 Å². The van der Waals surface area contributed by atoms with Gasteiger partial charge in [-0.1, -0.05) is 53.7 Å². The van der Waals surface area contributed by atoms with Crippen molar-refractivity contribution in [2.45, 2.75) is 52.4 Å². The van der Waals surface area contributed by atoms with E-state index in [-0.39, 0.29) is 34.1 Å². The fourth-order valence-electron chi connectivity index (χ4n) is 3.94. The van der Waals surface area contributed by atoms with Crippen LogP contribution in [0, 0.1) is 0 Å². The number of aromatic nitrogens is 2. The zero-order valence-corrected chi connectivity index (χ0v) is 20.2. The molecule has 0 aliphatic carbocycles. The number of phenols is 2. The zero-order valence-electron chi connectivity index (χ0n) is 20.2. The van der Waals surface area contributed by atoms with E-state index in [0.29, 0.717) is 33.3 Å². The van der Waals surface area contributed by atoms with E-state index in [4.69, 9.17) is 8.83 Å². The molecule has 5 rings (SSSR count). The Kier molecular flexibility index (Phi) is 4.76. The Morgan fingerprint density at radius 2 is 1.00 bits per heavy atom. The number of phenolic OH excluding ortho intramolecular Hbond substituents is 2. The standard InChI is InChI=1S/C28H28N2O4/c1-27(2,3)15-7-9-23-19(11-15)29-25(33-23)17-13-18(22(32)14-21(17)31)26-30-20-12-16(28(4,5)6)8-10-24(20)34-26/h7-14,31-32H,1-6H3. The van der Waals surface area contributed by atoms with E-state index >= 15 is 0 Å². The van der Waals surface area contributed by atoms with E-state index in [1.165, 1.54) is 6.07 Å². The molecule has 0 radical (unpaired) electrons. The second-order valence-electron chi connectivity index (χ2n) is 10.8. The lowest BCUT2D eigenvalue weighted by molar-refractivity contribution is 0.450. The molecule has 0 amide bonds. The normalized spacial score (nSPS) is 12.6. The minimum Gasteiger partial charge on any atom is -0.507 e. The van der Waals surface area contributed by atoms with Gasteiger partial charge in [0.2, 0.25) is 11.8 Å². The summed E-state index contributed by atoms with van der Waals surface area (Å²) < 4.78 is 11.9. The highest BCUT2D eigenvalue weighted by Gasteiger charge is 2.22. The van der Waals surface area contributed by atoms with Crippen molar-refractivity contribution in [2.75, 3.05) is 0 Å². The van der Waals surface area contributed by atoms with Crippen molar-refractivity contribution in [3.63, 3.8) is 0 Å². The molecular formula is C28H28N2O4. The summed E-state index contributed by atoms with van der Waals surface area (Å²) in [6, 6.07) is 14.7. The fourth-order valence-corrected chi connectivity index (χ4v) is 3.94. The van der Waals surface area contributed by atoms with Gasteiger partial charge in [0.05, 0.1) is 11.1 Å². The van der Waals surface area contributed by atoms with Crippen molar-refractivity contribution in [1.82, 2.24) is 9.97 Å². The molecule has 0 fully saturated rings. The fraction of sp³-hybridized carbons (Fsp3) is 0.286. The molecule has 0 bridgehead atoms. The predicted molar refractivity (Wildman–Crippen MR) is 133 cm³/mol. The highest BCUT2D eigenvalue weighted by Crippen LogP contribution is 2.41. The van der Waals surface area contributed by atoms with Crippen LogP contribution in [-0.4, -0.2) is 20.2 Å². The number of rotatable bonds is 2. The first-order chi connectivity index (χ1) is 15.9. The Labute approximate surface area is 197 Å². The molecule has 5 aromatic rings. The lowest BCUT2D eigenvalue weighted by atomic mass is 9.87. The third-order valence-electron chi connectivity index (χ3n) is 6.08. The minimum absolute atomic E-state index is 0.0268. The smallest absolute Gasteiger partial charge is 0.231 e. The number of fused-ring (bicyclic) bond motifs is 2. The first kappa shape index (κ1) is 22.0. The van der Waals surface area contributed by atoms with Crippen LogP contribution in [0.15, 0.2) is 57.4 Å². The SMILES string of the molecule is CC(C)(C)c1ccc2oc(-c3cc(-c4nc5cc(C(C)(C)C)ccc5o4)c(O)cc3O)nc2c1. The van der Waals surface area contributed by atoms with E-state index in [1.54, 1.807) is 6.07 Å². The number of oxazole rings is 2. The lowest BCUT2D eigenvalue weighted by Crippen LogP contribution is -2.10. The molecule has 6 heteroatoms. The Morgan fingerprint density at radius 3 is 1.38 bits per heavy atom. The Morgan fingerprint density at radius 1 is 0.588 bits per heavy atom. The average molecular weight is 457 g/mol. The quantitative estimate of drug-likeness (QED) is 0.289. The third-order valence-corrected chi connectivity index (χ3v) is 6.08. The molecule has 174 valence electrons. The van der Waals surface area contributed by atoms with Crippen molar-refractivity contribution < 1.29 is 19.0 Å². The second-order valence-corrected chi connectivity index (χ2v) is 10.8. The van der Waals surface area contributed by atoms with Gasteiger partial charge in [-0.25, -0.2) is 9.97 Å². The maximum absolute atomic E-state index is 10.6. The first-order valence-electron chi connectivity index (χ1n) is 11.3. The van der Waals surface area contributed by atoms with E-state index < -0.39 is 0 Å². The number of nitrogens with zero attached hydrogens (tertiary/aromatic N) is 2. The molecule has 0 saturated heterocycles. The van der Waals surface area contributed by atoms with E-state index in [2.05, 4.69) is 51.5 Å².